The van der Waals surface area contributed by atoms with Crippen LogP contribution in [0.3, 0.4) is 0 Å². The number of halogens is 1. The molecule has 150 valence electrons. The van der Waals surface area contributed by atoms with Crippen LogP contribution < -0.4 is 10.1 Å². The zero-order chi connectivity index (χ0) is 20.9. The summed E-state index contributed by atoms with van der Waals surface area (Å²) in [5.74, 6) is -0.318. The topological polar surface area (TPSA) is 72.5 Å². The molecule has 0 aliphatic carbocycles. The summed E-state index contributed by atoms with van der Waals surface area (Å²) in [6.45, 7) is 0.230. The summed E-state index contributed by atoms with van der Waals surface area (Å²) in [4.78, 5) is 12.4. The van der Waals surface area contributed by atoms with Gasteiger partial charge >= 0.3 is 0 Å². The van der Waals surface area contributed by atoms with Gasteiger partial charge in [-0.15, -0.1) is 0 Å². The summed E-state index contributed by atoms with van der Waals surface area (Å²) >= 11 is 0. The third-order valence-corrected chi connectivity index (χ3v) is 4.89. The van der Waals surface area contributed by atoms with Crippen LogP contribution in [0.25, 0.3) is 0 Å². The largest absolute Gasteiger partial charge is 0.489 e. The van der Waals surface area contributed by atoms with Gasteiger partial charge in [-0.25, -0.2) is 12.8 Å². The Morgan fingerprint density at radius 1 is 0.966 bits per heavy atom. The maximum Gasteiger partial charge on any atom is 0.255 e. The van der Waals surface area contributed by atoms with Crippen molar-refractivity contribution in [3.63, 3.8) is 0 Å². The van der Waals surface area contributed by atoms with E-state index in [2.05, 4.69) is 5.32 Å². The van der Waals surface area contributed by atoms with Gasteiger partial charge in [0.2, 0.25) is 0 Å². The molecule has 0 saturated carbocycles. The Bertz CT molecular complexity index is 1110. The van der Waals surface area contributed by atoms with Gasteiger partial charge in [0.05, 0.1) is 5.75 Å². The predicted octanol–water partition coefficient (Wildman–Crippen LogP) is 4.20. The van der Waals surface area contributed by atoms with Crippen LogP contribution >= 0.6 is 0 Å². The Morgan fingerprint density at radius 2 is 1.69 bits per heavy atom. The molecule has 0 aliphatic heterocycles. The van der Waals surface area contributed by atoms with Gasteiger partial charge in [0.15, 0.2) is 9.84 Å². The molecule has 29 heavy (non-hydrogen) atoms. The Labute approximate surface area is 169 Å². The van der Waals surface area contributed by atoms with Gasteiger partial charge in [0.1, 0.15) is 18.2 Å². The lowest BCUT2D eigenvalue weighted by molar-refractivity contribution is 0.102. The minimum absolute atomic E-state index is 0.0672. The minimum Gasteiger partial charge on any atom is -0.489 e. The van der Waals surface area contributed by atoms with Gasteiger partial charge in [-0.1, -0.05) is 30.3 Å². The number of rotatable bonds is 7. The first-order valence-electron chi connectivity index (χ1n) is 8.84. The molecule has 7 heteroatoms. The molecule has 1 N–H and O–H groups in total. The number of carbonyl (C=O) groups is 1. The van der Waals surface area contributed by atoms with E-state index in [0.717, 1.165) is 5.56 Å². The first-order valence-corrected chi connectivity index (χ1v) is 10.9. The third-order valence-electron chi connectivity index (χ3n) is 4.03. The Kier molecular flexibility index (Phi) is 6.29. The molecule has 1 amide bonds. The van der Waals surface area contributed by atoms with Crippen molar-refractivity contribution < 1.29 is 22.3 Å². The maximum atomic E-state index is 13.2. The molecule has 0 bridgehead atoms. The van der Waals surface area contributed by atoms with Gasteiger partial charge in [-0.3, -0.25) is 4.79 Å². The molecule has 3 rings (SSSR count). The van der Waals surface area contributed by atoms with Gasteiger partial charge in [-0.2, -0.15) is 0 Å². The standard InChI is InChI=1S/C22H20FNO4S/c1-29(26,27)15-16-8-10-18(11-9-16)22(25)24-20-6-2-4-17(12-20)14-28-21-7-3-5-19(23)13-21/h2-13H,14-15H2,1H3,(H,24,25). The molecular weight excluding hydrogens is 393 g/mol. The van der Waals surface area contributed by atoms with E-state index in [1.165, 1.54) is 18.4 Å². The predicted molar refractivity (Wildman–Crippen MR) is 110 cm³/mol. The molecule has 0 atom stereocenters. The van der Waals surface area contributed by atoms with E-state index in [0.29, 0.717) is 22.6 Å². The highest BCUT2D eigenvalue weighted by Gasteiger charge is 2.09. The fraction of sp³-hybridized carbons (Fsp3) is 0.136. The summed E-state index contributed by atoms with van der Waals surface area (Å²) in [6.07, 6.45) is 1.17. The highest BCUT2D eigenvalue weighted by molar-refractivity contribution is 7.89. The number of hydrogen-bond acceptors (Lipinski definition) is 4. The van der Waals surface area contributed by atoms with E-state index in [1.807, 2.05) is 6.07 Å². The van der Waals surface area contributed by atoms with Crippen molar-refractivity contribution in [3.05, 3.63) is 95.3 Å². The average Bonchev–Trinajstić information content (AvgIpc) is 2.66. The second-order valence-electron chi connectivity index (χ2n) is 6.67. The van der Waals surface area contributed by atoms with Crippen LogP contribution in [-0.2, 0) is 22.2 Å². The fourth-order valence-electron chi connectivity index (χ4n) is 2.72. The van der Waals surface area contributed by atoms with E-state index < -0.39 is 9.84 Å². The smallest absolute Gasteiger partial charge is 0.255 e. The number of hydrogen-bond donors (Lipinski definition) is 1. The molecule has 0 heterocycles. The molecule has 5 nitrogen and oxygen atoms in total. The lowest BCUT2D eigenvalue weighted by Crippen LogP contribution is -2.12. The monoisotopic (exact) mass is 413 g/mol. The molecule has 0 aliphatic rings. The third kappa shape index (κ3) is 6.43. The first kappa shape index (κ1) is 20.5. The summed E-state index contributed by atoms with van der Waals surface area (Å²) < 4.78 is 41.5. The lowest BCUT2D eigenvalue weighted by atomic mass is 10.1. The van der Waals surface area contributed by atoms with Gasteiger partial charge in [0, 0.05) is 23.6 Å². The van der Waals surface area contributed by atoms with Crippen LogP contribution in [-0.4, -0.2) is 20.6 Å². The number of amides is 1. The average molecular weight is 413 g/mol. The molecule has 0 aromatic heterocycles. The summed E-state index contributed by atoms with van der Waals surface area (Å²) in [7, 11) is -3.12. The van der Waals surface area contributed by atoms with E-state index in [4.69, 9.17) is 4.74 Å². The molecule has 0 unspecified atom stereocenters. The van der Waals surface area contributed by atoms with Crippen molar-refractivity contribution in [2.75, 3.05) is 11.6 Å². The molecule has 3 aromatic rings. The molecule has 3 aromatic carbocycles. The Morgan fingerprint density at radius 3 is 2.38 bits per heavy atom. The SMILES string of the molecule is CS(=O)(=O)Cc1ccc(C(=O)Nc2cccc(COc3cccc(F)c3)c2)cc1. The second-order valence-corrected chi connectivity index (χ2v) is 8.81. The van der Waals surface area contributed by atoms with Gasteiger partial charge in [0.25, 0.3) is 5.91 Å². The van der Waals surface area contributed by atoms with Crippen LogP contribution in [0, 0.1) is 5.82 Å². The molecule has 0 saturated heterocycles. The highest BCUT2D eigenvalue weighted by atomic mass is 32.2. The quantitative estimate of drug-likeness (QED) is 0.630. The van der Waals surface area contributed by atoms with Crippen molar-refractivity contribution in [2.45, 2.75) is 12.4 Å². The summed E-state index contributed by atoms with van der Waals surface area (Å²) in [5, 5.41) is 2.80. The van der Waals surface area contributed by atoms with E-state index in [-0.39, 0.29) is 24.1 Å². The Hall–Kier alpha value is -3.19. The molecule has 0 radical (unpaired) electrons. The van der Waals surface area contributed by atoms with E-state index >= 15 is 0 Å². The van der Waals surface area contributed by atoms with Crippen molar-refractivity contribution in [1.29, 1.82) is 0 Å². The summed E-state index contributed by atoms with van der Waals surface area (Å²) in [6, 6.07) is 19.5. The van der Waals surface area contributed by atoms with Crippen LogP contribution in [0.15, 0.2) is 72.8 Å². The van der Waals surface area contributed by atoms with Crippen LogP contribution in [0.5, 0.6) is 5.75 Å². The van der Waals surface area contributed by atoms with Crippen molar-refractivity contribution in [3.8, 4) is 5.75 Å². The van der Waals surface area contributed by atoms with E-state index in [9.17, 15) is 17.6 Å². The van der Waals surface area contributed by atoms with Crippen molar-refractivity contribution >= 4 is 21.4 Å². The molecular formula is C22H20FNO4S. The van der Waals surface area contributed by atoms with Gasteiger partial charge in [-0.05, 0) is 47.5 Å². The van der Waals surface area contributed by atoms with E-state index in [1.54, 1.807) is 54.6 Å². The second kappa shape index (κ2) is 8.87. The number of ether oxygens (including phenoxy) is 1. The number of nitrogens with one attached hydrogen (secondary N) is 1. The Balaban J connectivity index is 1.62. The number of sulfone groups is 1. The zero-order valence-corrected chi connectivity index (χ0v) is 16.6. The lowest BCUT2D eigenvalue weighted by Gasteiger charge is -2.10. The normalized spacial score (nSPS) is 11.1. The fourth-order valence-corrected chi connectivity index (χ4v) is 3.52. The van der Waals surface area contributed by atoms with Crippen molar-refractivity contribution in [1.82, 2.24) is 0 Å². The minimum atomic E-state index is -3.12. The molecule has 0 spiro atoms. The number of carbonyl (C=O) groups excluding carboxylic acids is 1. The molecule has 0 fully saturated rings. The van der Waals surface area contributed by atoms with Crippen LogP contribution in [0.4, 0.5) is 10.1 Å². The first-order chi connectivity index (χ1) is 13.8. The van der Waals surface area contributed by atoms with Crippen LogP contribution in [0.2, 0.25) is 0 Å². The van der Waals surface area contributed by atoms with Crippen LogP contribution in [0.1, 0.15) is 21.5 Å². The van der Waals surface area contributed by atoms with Crippen molar-refractivity contribution in [2.24, 2.45) is 0 Å². The number of anilines is 1. The maximum absolute atomic E-state index is 13.2. The highest BCUT2D eigenvalue weighted by Crippen LogP contribution is 2.17. The summed E-state index contributed by atoms with van der Waals surface area (Å²) in [5.41, 5.74) is 2.45. The number of benzene rings is 3. The van der Waals surface area contributed by atoms with Gasteiger partial charge < -0.3 is 10.1 Å². The zero-order valence-electron chi connectivity index (χ0n) is 15.8.